The summed E-state index contributed by atoms with van der Waals surface area (Å²) in [6.45, 7) is 0.541. The minimum absolute atomic E-state index is 0.0512. The van der Waals surface area contributed by atoms with Gasteiger partial charge in [-0.15, -0.1) is 11.8 Å². The van der Waals surface area contributed by atoms with Crippen LogP contribution in [-0.2, 0) is 0 Å². The van der Waals surface area contributed by atoms with E-state index in [2.05, 4.69) is 5.16 Å². The molecule has 6 heteroatoms. The molecule has 0 bridgehead atoms. The van der Waals surface area contributed by atoms with Crippen molar-refractivity contribution in [2.45, 2.75) is 4.90 Å². The minimum atomic E-state index is 0.0512. The van der Waals surface area contributed by atoms with Crippen molar-refractivity contribution in [2.75, 3.05) is 31.4 Å². The Kier molecular flexibility index (Phi) is 5.11. The van der Waals surface area contributed by atoms with Crippen LogP contribution in [0.2, 0.25) is 0 Å². The van der Waals surface area contributed by atoms with E-state index in [9.17, 15) is 0 Å². The first-order chi connectivity index (χ1) is 8.15. The van der Waals surface area contributed by atoms with Gasteiger partial charge in [0, 0.05) is 24.2 Å². The zero-order valence-corrected chi connectivity index (χ0v) is 10.7. The van der Waals surface area contributed by atoms with Gasteiger partial charge in [-0.1, -0.05) is 11.2 Å². The summed E-state index contributed by atoms with van der Waals surface area (Å²) in [7, 11) is 1.85. The van der Waals surface area contributed by atoms with Gasteiger partial charge < -0.3 is 20.9 Å². The summed E-state index contributed by atoms with van der Waals surface area (Å²) in [4.78, 5) is 2.80. The maximum Gasteiger partial charge on any atom is 0.173 e. The summed E-state index contributed by atoms with van der Waals surface area (Å²) in [5, 5.41) is 20.8. The van der Waals surface area contributed by atoms with Crippen LogP contribution >= 0.6 is 11.8 Å². The maximum atomic E-state index is 8.95. The molecule has 0 amide bonds. The van der Waals surface area contributed by atoms with Gasteiger partial charge in [-0.25, -0.2) is 0 Å². The molecule has 0 aliphatic heterocycles. The van der Waals surface area contributed by atoms with E-state index in [-0.39, 0.29) is 12.4 Å². The molecule has 0 aliphatic rings. The SMILES string of the molecule is CSc1cccc(N(C)CCO)c1/C(N)=N/O. The summed E-state index contributed by atoms with van der Waals surface area (Å²) >= 11 is 1.53. The van der Waals surface area contributed by atoms with Crippen molar-refractivity contribution in [3.8, 4) is 0 Å². The quantitative estimate of drug-likeness (QED) is 0.240. The predicted octanol–water partition coefficient (Wildman–Crippen LogP) is 0.932. The highest BCUT2D eigenvalue weighted by Gasteiger charge is 2.14. The Balaban J connectivity index is 3.29. The van der Waals surface area contributed by atoms with Crippen molar-refractivity contribution in [1.29, 1.82) is 0 Å². The number of amidine groups is 1. The van der Waals surface area contributed by atoms with Crippen LogP contribution in [-0.4, -0.2) is 42.6 Å². The lowest BCUT2D eigenvalue weighted by atomic mass is 10.1. The number of nitrogens with zero attached hydrogens (tertiary/aromatic N) is 2. The largest absolute Gasteiger partial charge is 0.409 e. The van der Waals surface area contributed by atoms with Gasteiger partial charge in [0.25, 0.3) is 0 Å². The number of hydrogen-bond donors (Lipinski definition) is 3. The van der Waals surface area contributed by atoms with Crippen molar-refractivity contribution in [3.63, 3.8) is 0 Å². The summed E-state index contributed by atoms with van der Waals surface area (Å²) in [6.07, 6.45) is 1.93. The van der Waals surface area contributed by atoms with Gasteiger partial charge in [0.1, 0.15) is 0 Å². The van der Waals surface area contributed by atoms with Gasteiger partial charge in [0.05, 0.1) is 12.2 Å². The lowest BCUT2D eigenvalue weighted by Crippen LogP contribution is -2.26. The molecule has 0 saturated heterocycles. The lowest BCUT2D eigenvalue weighted by Gasteiger charge is -2.22. The molecule has 0 atom stereocenters. The fourth-order valence-corrected chi connectivity index (χ4v) is 2.21. The molecule has 0 spiro atoms. The van der Waals surface area contributed by atoms with Gasteiger partial charge in [-0.05, 0) is 18.4 Å². The minimum Gasteiger partial charge on any atom is -0.409 e. The van der Waals surface area contributed by atoms with E-state index in [1.54, 1.807) is 0 Å². The molecule has 4 N–H and O–H groups in total. The van der Waals surface area contributed by atoms with Gasteiger partial charge >= 0.3 is 0 Å². The second-order valence-electron chi connectivity index (χ2n) is 3.48. The summed E-state index contributed by atoms with van der Waals surface area (Å²) in [6, 6.07) is 5.69. The number of oxime groups is 1. The fourth-order valence-electron chi connectivity index (χ4n) is 1.59. The topological polar surface area (TPSA) is 82.1 Å². The van der Waals surface area contributed by atoms with E-state index in [0.29, 0.717) is 12.1 Å². The predicted molar refractivity (Wildman–Crippen MR) is 71.1 cm³/mol. The number of anilines is 1. The van der Waals surface area contributed by atoms with Crippen LogP contribution in [0.3, 0.4) is 0 Å². The third-order valence-corrected chi connectivity index (χ3v) is 3.21. The molecule has 0 aromatic heterocycles. The van der Waals surface area contributed by atoms with Crippen LogP contribution in [0.5, 0.6) is 0 Å². The first-order valence-electron chi connectivity index (χ1n) is 5.12. The molecule has 0 radical (unpaired) electrons. The molecule has 0 saturated carbocycles. The number of rotatable bonds is 5. The molecule has 0 fully saturated rings. The van der Waals surface area contributed by atoms with E-state index in [1.807, 2.05) is 36.4 Å². The van der Waals surface area contributed by atoms with Crippen LogP contribution in [0.1, 0.15) is 5.56 Å². The molecular weight excluding hydrogens is 238 g/mol. The van der Waals surface area contributed by atoms with Crippen molar-refractivity contribution in [1.82, 2.24) is 0 Å². The van der Waals surface area contributed by atoms with Crippen LogP contribution < -0.4 is 10.6 Å². The first-order valence-corrected chi connectivity index (χ1v) is 6.35. The average molecular weight is 255 g/mol. The number of aliphatic hydroxyl groups is 1. The van der Waals surface area contributed by atoms with Crippen molar-refractivity contribution in [3.05, 3.63) is 23.8 Å². The molecule has 1 rings (SSSR count). The number of hydrogen-bond acceptors (Lipinski definition) is 5. The molecule has 1 aromatic rings. The Morgan fingerprint density at radius 2 is 2.24 bits per heavy atom. The third-order valence-electron chi connectivity index (χ3n) is 2.43. The molecule has 5 nitrogen and oxygen atoms in total. The Morgan fingerprint density at radius 1 is 1.53 bits per heavy atom. The Bertz CT molecular complexity index is 410. The van der Waals surface area contributed by atoms with Crippen LogP contribution in [0, 0.1) is 0 Å². The molecular formula is C11H17N3O2S. The standard InChI is InChI=1S/C11H17N3O2S/c1-14(6-7-15)8-4-3-5-9(17-2)10(8)11(12)13-16/h3-5,15-16H,6-7H2,1-2H3,(H2,12,13). The number of nitrogens with two attached hydrogens (primary N) is 1. The Morgan fingerprint density at radius 3 is 2.76 bits per heavy atom. The molecule has 0 unspecified atom stereocenters. The maximum absolute atomic E-state index is 8.95. The summed E-state index contributed by atoms with van der Waals surface area (Å²) in [5.41, 5.74) is 7.23. The van der Waals surface area contributed by atoms with Crippen molar-refractivity contribution in [2.24, 2.45) is 10.9 Å². The molecule has 94 valence electrons. The van der Waals surface area contributed by atoms with Crippen LogP contribution in [0.4, 0.5) is 5.69 Å². The van der Waals surface area contributed by atoms with E-state index in [4.69, 9.17) is 16.0 Å². The second-order valence-corrected chi connectivity index (χ2v) is 4.33. The Hall–Kier alpha value is -1.40. The molecule has 1 aromatic carbocycles. The first kappa shape index (κ1) is 13.7. The normalized spacial score (nSPS) is 11.6. The Labute approximate surface area is 105 Å². The van der Waals surface area contributed by atoms with E-state index >= 15 is 0 Å². The summed E-state index contributed by atoms with van der Waals surface area (Å²) in [5.74, 6) is 0.0785. The lowest BCUT2D eigenvalue weighted by molar-refractivity contribution is 0.304. The third kappa shape index (κ3) is 3.04. The molecule has 17 heavy (non-hydrogen) atoms. The van der Waals surface area contributed by atoms with Gasteiger partial charge in [-0.3, -0.25) is 0 Å². The van der Waals surface area contributed by atoms with Gasteiger partial charge in [0.15, 0.2) is 5.84 Å². The highest BCUT2D eigenvalue weighted by Crippen LogP contribution is 2.28. The molecule has 0 heterocycles. The van der Waals surface area contributed by atoms with Crippen LogP contribution in [0.25, 0.3) is 0 Å². The highest BCUT2D eigenvalue weighted by molar-refractivity contribution is 7.98. The zero-order valence-electron chi connectivity index (χ0n) is 9.92. The van der Waals surface area contributed by atoms with Crippen molar-refractivity contribution < 1.29 is 10.3 Å². The molecule has 0 aliphatic carbocycles. The van der Waals surface area contributed by atoms with Crippen molar-refractivity contribution >= 4 is 23.3 Å². The van der Waals surface area contributed by atoms with Gasteiger partial charge in [-0.2, -0.15) is 0 Å². The van der Waals surface area contributed by atoms with E-state index in [0.717, 1.165) is 10.6 Å². The summed E-state index contributed by atoms with van der Waals surface area (Å²) < 4.78 is 0. The van der Waals surface area contributed by atoms with Crippen LogP contribution in [0.15, 0.2) is 28.3 Å². The van der Waals surface area contributed by atoms with E-state index in [1.165, 1.54) is 11.8 Å². The monoisotopic (exact) mass is 255 g/mol. The number of thioether (sulfide) groups is 1. The number of likely N-dealkylation sites (N-methyl/N-ethyl adjacent to an activating group) is 1. The van der Waals surface area contributed by atoms with E-state index < -0.39 is 0 Å². The fraction of sp³-hybridized carbons (Fsp3) is 0.364. The van der Waals surface area contributed by atoms with Gasteiger partial charge in [0.2, 0.25) is 0 Å². The smallest absolute Gasteiger partial charge is 0.173 e. The zero-order chi connectivity index (χ0) is 12.8. The average Bonchev–Trinajstić information content (AvgIpc) is 2.37. The number of benzene rings is 1. The number of aliphatic hydroxyl groups excluding tert-OH is 1. The highest BCUT2D eigenvalue weighted by atomic mass is 32.2. The second kappa shape index (κ2) is 6.36.